The van der Waals surface area contributed by atoms with Gasteiger partial charge in [0, 0.05) is 27.6 Å². The highest BCUT2D eigenvalue weighted by Gasteiger charge is 2.12. The van der Waals surface area contributed by atoms with Crippen LogP contribution in [0.4, 0.5) is 0 Å². The Morgan fingerprint density at radius 2 is 1.86 bits per heavy atom. The first-order chi connectivity index (χ1) is 10.0. The van der Waals surface area contributed by atoms with Gasteiger partial charge in [0.05, 0.1) is 4.70 Å². The molecule has 0 saturated heterocycles. The van der Waals surface area contributed by atoms with Crippen molar-refractivity contribution in [2.24, 2.45) is 0 Å². The molecule has 3 aromatic rings. The van der Waals surface area contributed by atoms with Crippen LogP contribution in [0.3, 0.4) is 0 Å². The van der Waals surface area contributed by atoms with Crippen molar-refractivity contribution < 1.29 is 9.90 Å². The Morgan fingerprint density at radius 1 is 1.14 bits per heavy atom. The van der Waals surface area contributed by atoms with Gasteiger partial charge in [0.25, 0.3) is 0 Å². The summed E-state index contributed by atoms with van der Waals surface area (Å²) in [7, 11) is 0. The molecule has 0 bridgehead atoms. The molecule has 2 heterocycles. The number of aromatic nitrogens is 1. The van der Waals surface area contributed by atoms with E-state index in [1.54, 1.807) is 30.2 Å². The Balaban J connectivity index is 2.05. The van der Waals surface area contributed by atoms with Crippen LogP contribution in [0.1, 0.15) is 20.8 Å². The minimum absolute atomic E-state index is 0.347. The third kappa shape index (κ3) is 2.94. The third-order valence-corrected chi connectivity index (χ3v) is 5.12. The van der Waals surface area contributed by atoms with E-state index in [1.807, 2.05) is 0 Å². The van der Waals surface area contributed by atoms with Crippen LogP contribution in [-0.4, -0.2) is 16.1 Å². The quantitative estimate of drug-likeness (QED) is 0.757. The molecule has 0 radical (unpaired) electrons. The SMILES string of the molecule is Cc1cc(C)cc(Sc2cncc3sc(C(=O)O)cc23)c1. The molecule has 0 unspecified atom stereocenters. The minimum Gasteiger partial charge on any atom is -0.477 e. The second kappa shape index (κ2) is 5.50. The van der Waals surface area contributed by atoms with Crippen LogP contribution in [0.2, 0.25) is 0 Å². The molecule has 21 heavy (non-hydrogen) atoms. The van der Waals surface area contributed by atoms with Crippen LogP contribution in [0.25, 0.3) is 10.1 Å². The van der Waals surface area contributed by atoms with Crippen molar-refractivity contribution in [2.45, 2.75) is 23.6 Å². The van der Waals surface area contributed by atoms with Crippen LogP contribution in [0.15, 0.2) is 46.5 Å². The lowest BCUT2D eigenvalue weighted by molar-refractivity contribution is 0.0702. The number of hydrogen-bond acceptors (Lipinski definition) is 4. The number of pyridine rings is 1. The fourth-order valence-corrected chi connectivity index (χ4v) is 4.34. The van der Waals surface area contributed by atoms with Gasteiger partial charge in [-0.3, -0.25) is 4.98 Å². The molecule has 0 fully saturated rings. The molecule has 0 amide bonds. The molecular weight excluding hydrogens is 302 g/mol. The van der Waals surface area contributed by atoms with Gasteiger partial charge in [0.1, 0.15) is 4.88 Å². The smallest absolute Gasteiger partial charge is 0.345 e. The molecule has 0 atom stereocenters. The van der Waals surface area contributed by atoms with Gasteiger partial charge in [-0.2, -0.15) is 0 Å². The molecular formula is C16H13NO2S2. The van der Waals surface area contributed by atoms with E-state index in [0.29, 0.717) is 4.88 Å². The molecule has 5 heteroatoms. The summed E-state index contributed by atoms with van der Waals surface area (Å²) in [5, 5.41) is 10.1. The zero-order valence-electron chi connectivity index (χ0n) is 11.6. The molecule has 1 N–H and O–H groups in total. The molecule has 0 aliphatic heterocycles. The number of fused-ring (bicyclic) bond motifs is 1. The molecule has 3 nitrogen and oxygen atoms in total. The topological polar surface area (TPSA) is 50.2 Å². The number of hydrogen-bond donors (Lipinski definition) is 1. The number of aromatic carboxylic acids is 1. The number of rotatable bonds is 3. The second-order valence-corrected chi connectivity index (χ2v) is 7.09. The number of carboxylic acid groups (broad SMARTS) is 1. The van der Waals surface area contributed by atoms with Crippen LogP contribution < -0.4 is 0 Å². The lowest BCUT2D eigenvalue weighted by Crippen LogP contribution is -1.89. The van der Waals surface area contributed by atoms with E-state index in [2.05, 4.69) is 37.0 Å². The predicted molar refractivity (Wildman–Crippen MR) is 86.6 cm³/mol. The van der Waals surface area contributed by atoms with Crippen LogP contribution in [0.5, 0.6) is 0 Å². The molecule has 2 aromatic heterocycles. The maximum absolute atomic E-state index is 11.1. The molecule has 3 rings (SSSR count). The van der Waals surface area contributed by atoms with Crippen LogP contribution in [0, 0.1) is 13.8 Å². The number of carbonyl (C=O) groups is 1. The lowest BCUT2D eigenvalue weighted by atomic mass is 10.2. The van der Waals surface area contributed by atoms with E-state index < -0.39 is 5.97 Å². The van der Waals surface area contributed by atoms with E-state index in [-0.39, 0.29) is 0 Å². The Hall–Kier alpha value is -1.85. The first kappa shape index (κ1) is 14.1. The summed E-state index contributed by atoms with van der Waals surface area (Å²) < 4.78 is 0.904. The summed E-state index contributed by atoms with van der Waals surface area (Å²) in [4.78, 5) is 17.8. The average molecular weight is 315 g/mol. The lowest BCUT2D eigenvalue weighted by Gasteiger charge is -2.05. The normalized spacial score (nSPS) is 11.0. The van der Waals surface area contributed by atoms with Gasteiger partial charge in [-0.25, -0.2) is 4.79 Å². The third-order valence-electron chi connectivity index (χ3n) is 3.04. The van der Waals surface area contributed by atoms with Crippen molar-refractivity contribution in [1.82, 2.24) is 4.98 Å². The molecule has 0 saturated carbocycles. The summed E-state index contributed by atoms with van der Waals surface area (Å²) in [6, 6.07) is 8.12. The van der Waals surface area contributed by atoms with Gasteiger partial charge < -0.3 is 5.11 Å². The number of thiophene rings is 1. The zero-order valence-corrected chi connectivity index (χ0v) is 13.2. The summed E-state index contributed by atoms with van der Waals surface area (Å²) in [6.45, 7) is 4.14. The fraction of sp³-hybridized carbons (Fsp3) is 0.125. The molecule has 106 valence electrons. The Labute approximate surface area is 130 Å². The minimum atomic E-state index is -0.890. The van der Waals surface area contributed by atoms with Crippen LogP contribution in [-0.2, 0) is 0 Å². The predicted octanol–water partition coefficient (Wildman–Crippen LogP) is 4.76. The standard InChI is InChI=1S/C16H13NO2S2/c1-9-3-10(2)5-11(4-9)20-14-7-17-8-15-12(14)6-13(21-15)16(18)19/h3-8H,1-2H3,(H,18,19). The van der Waals surface area contributed by atoms with E-state index in [1.165, 1.54) is 22.5 Å². The van der Waals surface area contributed by atoms with Gasteiger partial charge >= 0.3 is 5.97 Å². The average Bonchev–Trinajstić information content (AvgIpc) is 2.82. The number of aryl methyl sites for hydroxylation is 2. The Morgan fingerprint density at radius 3 is 2.52 bits per heavy atom. The Kier molecular flexibility index (Phi) is 3.69. The largest absolute Gasteiger partial charge is 0.477 e. The zero-order chi connectivity index (χ0) is 15.0. The van der Waals surface area contributed by atoms with Crippen molar-refractivity contribution in [3.63, 3.8) is 0 Å². The van der Waals surface area contributed by atoms with E-state index >= 15 is 0 Å². The molecule has 1 aromatic carbocycles. The summed E-state index contributed by atoms with van der Waals surface area (Å²) in [5.41, 5.74) is 2.43. The first-order valence-corrected chi connectivity index (χ1v) is 8.03. The van der Waals surface area contributed by atoms with Crippen LogP contribution >= 0.6 is 23.1 Å². The van der Waals surface area contributed by atoms with Crippen molar-refractivity contribution in [1.29, 1.82) is 0 Å². The summed E-state index contributed by atoms with van der Waals surface area (Å²) >= 11 is 2.88. The number of nitrogens with zero attached hydrogens (tertiary/aromatic N) is 1. The highest BCUT2D eigenvalue weighted by molar-refractivity contribution is 7.99. The van der Waals surface area contributed by atoms with Gasteiger partial charge in [0.15, 0.2) is 0 Å². The Bertz CT molecular complexity index is 819. The van der Waals surface area contributed by atoms with Crippen molar-refractivity contribution in [3.05, 3.63) is 52.7 Å². The first-order valence-electron chi connectivity index (χ1n) is 6.40. The maximum Gasteiger partial charge on any atom is 0.345 e. The maximum atomic E-state index is 11.1. The second-order valence-electron chi connectivity index (χ2n) is 4.89. The summed E-state index contributed by atoms with van der Waals surface area (Å²) in [5.74, 6) is -0.890. The summed E-state index contributed by atoms with van der Waals surface area (Å²) in [6.07, 6.45) is 3.51. The number of benzene rings is 1. The van der Waals surface area contributed by atoms with Crippen molar-refractivity contribution in [3.8, 4) is 0 Å². The van der Waals surface area contributed by atoms with Gasteiger partial charge in [-0.1, -0.05) is 17.8 Å². The molecule has 0 aliphatic rings. The highest BCUT2D eigenvalue weighted by Crippen LogP contribution is 2.37. The highest BCUT2D eigenvalue weighted by atomic mass is 32.2. The van der Waals surface area contributed by atoms with Gasteiger partial charge in [-0.05, 0) is 43.2 Å². The van der Waals surface area contributed by atoms with E-state index in [4.69, 9.17) is 5.11 Å². The fourth-order valence-electron chi connectivity index (χ4n) is 2.24. The van der Waals surface area contributed by atoms with E-state index in [9.17, 15) is 4.79 Å². The van der Waals surface area contributed by atoms with Crippen molar-refractivity contribution >= 4 is 39.2 Å². The number of carboxylic acids is 1. The monoisotopic (exact) mass is 315 g/mol. The van der Waals surface area contributed by atoms with Gasteiger partial charge in [0.2, 0.25) is 0 Å². The van der Waals surface area contributed by atoms with Crippen molar-refractivity contribution in [2.75, 3.05) is 0 Å². The van der Waals surface area contributed by atoms with Gasteiger partial charge in [-0.15, -0.1) is 11.3 Å². The molecule has 0 spiro atoms. The van der Waals surface area contributed by atoms with E-state index in [0.717, 1.165) is 19.9 Å². The molecule has 0 aliphatic carbocycles.